The van der Waals surface area contributed by atoms with Crippen LogP contribution in [0.5, 0.6) is 0 Å². The number of rotatable bonds is 3. The number of nitrogens with two attached hydrogens (primary N) is 1. The van der Waals surface area contributed by atoms with E-state index in [0.29, 0.717) is 5.56 Å². The van der Waals surface area contributed by atoms with Crippen molar-refractivity contribution in [1.82, 2.24) is 9.78 Å². The quantitative estimate of drug-likeness (QED) is 0.893. The second kappa shape index (κ2) is 4.68. The highest BCUT2D eigenvalue weighted by Gasteiger charge is 2.08. The van der Waals surface area contributed by atoms with Gasteiger partial charge in [-0.3, -0.25) is 4.79 Å². The second-order valence-electron chi connectivity index (χ2n) is 3.48. The van der Waals surface area contributed by atoms with E-state index in [4.69, 9.17) is 10.8 Å². The largest absolute Gasteiger partial charge is 0.392 e. The molecule has 0 spiro atoms. The van der Waals surface area contributed by atoms with Crippen LogP contribution in [-0.2, 0) is 6.61 Å². The normalized spacial score (nSPS) is 10.5. The molecule has 2 rings (SSSR count). The van der Waals surface area contributed by atoms with Crippen molar-refractivity contribution >= 4 is 21.8 Å². The fraction of sp³-hybridized carbons (Fsp3) is 0.0909. The summed E-state index contributed by atoms with van der Waals surface area (Å²) in [6.07, 6.45) is 2.97. The van der Waals surface area contributed by atoms with Gasteiger partial charge in [0, 0.05) is 10.7 Å². The lowest BCUT2D eigenvalue weighted by molar-refractivity contribution is 0.100. The van der Waals surface area contributed by atoms with Gasteiger partial charge in [-0.25, -0.2) is 4.68 Å². The lowest BCUT2D eigenvalue weighted by atomic mass is 10.2. The molecule has 1 aromatic heterocycles. The molecule has 0 aliphatic heterocycles. The highest BCUT2D eigenvalue weighted by Crippen LogP contribution is 2.22. The minimum Gasteiger partial charge on any atom is -0.392 e. The number of primary amides is 1. The Kier molecular flexibility index (Phi) is 3.26. The number of benzene rings is 1. The third-order valence-corrected chi connectivity index (χ3v) is 2.94. The number of halogens is 1. The van der Waals surface area contributed by atoms with Gasteiger partial charge in [0.25, 0.3) is 5.91 Å². The Labute approximate surface area is 106 Å². The molecule has 0 aliphatic rings. The van der Waals surface area contributed by atoms with Crippen LogP contribution in [-0.4, -0.2) is 20.8 Å². The topological polar surface area (TPSA) is 81.1 Å². The molecule has 2 aromatic rings. The van der Waals surface area contributed by atoms with E-state index in [0.717, 1.165) is 15.7 Å². The monoisotopic (exact) mass is 295 g/mol. The molecule has 1 heterocycles. The summed E-state index contributed by atoms with van der Waals surface area (Å²) in [6.45, 7) is -0.0233. The third kappa shape index (κ3) is 2.37. The van der Waals surface area contributed by atoms with Crippen molar-refractivity contribution in [3.63, 3.8) is 0 Å². The molecule has 0 aliphatic carbocycles. The maximum atomic E-state index is 11.0. The van der Waals surface area contributed by atoms with Gasteiger partial charge in [0.1, 0.15) is 0 Å². The Balaban J connectivity index is 2.42. The van der Waals surface area contributed by atoms with Crippen molar-refractivity contribution in [3.05, 3.63) is 46.2 Å². The third-order valence-electron chi connectivity index (χ3n) is 2.31. The zero-order valence-electron chi connectivity index (χ0n) is 8.80. The minimum atomic E-state index is -0.514. The number of aliphatic hydroxyl groups is 1. The fourth-order valence-electron chi connectivity index (χ4n) is 1.42. The van der Waals surface area contributed by atoms with Crippen LogP contribution in [0, 0.1) is 0 Å². The zero-order valence-corrected chi connectivity index (χ0v) is 10.4. The highest BCUT2D eigenvalue weighted by atomic mass is 79.9. The molecular formula is C11H10BrN3O2. The number of carbonyl (C=O) groups excluding carboxylic acids is 1. The predicted molar refractivity (Wildman–Crippen MR) is 65.7 cm³/mol. The van der Waals surface area contributed by atoms with E-state index in [1.807, 2.05) is 0 Å². The predicted octanol–water partition coefficient (Wildman–Crippen LogP) is 1.23. The minimum absolute atomic E-state index is 0.0233. The number of aliphatic hydroxyl groups excluding tert-OH is 1. The molecule has 0 saturated heterocycles. The molecule has 1 amide bonds. The van der Waals surface area contributed by atoms with E-state index in [1.54, 1.807) is 29.1 Å². The van der Waals surface area contributed by atoms with Crippen molar-refractivity contribution in [3.8, 4) is 5.69 Å². The summed E-state index contributed by atoms with van der Waals surface area (Å²) in [5, 5.41) is 13.0. The number of hydrogen-bond acceptors (Lipinski definition) is 3. The summed E-state index contributed by atoms with van der Waals surface area (Å²) in [5.41, 5.74) is 7.07. The van der Waals surface area contributed by atoms with Crippen LogP contribution < -0.4 is 5.73 Å². The Bertz CT molecular complexity index is 566. The van der Waals surface area contributed by atoms with Crippen LogP contribution in [0.4, 0.5) is 0 Å². The van der Waals surface area contributed by atoms with E-state index in [1.165, 1.54) is 6.20 Å². The van der Waals surface area contributed by atoms with Crippen molar-refractivity contribution in [2.45, 2.75) is 6.61 Å². The van der Waals surface area contributed by atoms with Crippen LogP contribution in [0.15, 0.2) is 35.1 Å². The van der Waals surface area contributed by atoms with Crippen LogP contribution in [0.2, 0.25) is 0 Å². The van der Waals surface area contributed by atoms with Crippen LogP contribution in [0.3, 0.4) is 0 Å². The van der Waals surface area contributed by atoms with Crippen LogP contribution in [0.25, 0.3) is 5.69 Å². The van der Waals surface area contributed by atoms with Gasteiger partial charge in [0.15, 0.2) is 0 Å². The molecule has 0 saturated carbocycles. The summed E-state index contributed by atoms with van der Waals surface area (Å²) in [4.78, 5) is 11.0. The fourth-order valence-corrected chi connectivity index (χ4v) is 2.02. The average molecular weight is 296 g/mol. The summed E-state index contributed by atoms with van der Waals surface area (Å²) >= 11 is 3.38. The number of hydrogen-bond donors (Lipinski definition) is 2. The maximum Gasteiger partial charge on any atom is 0.251 e. The zero-order chi connectivity index (χ0) is 12.4. The molecule has 88 valence electrons. The van der Waals surface area contributed by atoms with E-state index in [2.05, 4.69) is 21.0 Å². The summed E-state index contributed by atoms with van der Waals surface area (Å²) in [7, 11) is 0. The van der Waals surface area contributed by atoms with Crippen LogP contribution >= 0.6 is 15.9 Å². The van der Waals surface area contributed by atoms with Crippen molar-refractivity contribution in [2.24, 2.45) is 5.73 Å². The molecule has 5 nitrogen and oxygen atoms in total. The molecular weight excluding hydrogens is 286 g/mol. The van der Waals surface area contributed by atoms with Gasteiger partial charge in [-0.05, 0) is 33.6 Å². The maximum absolute atomic E-state index is 11.0. The Morgan fingerprint density at radius 3 is 2.82 bits per heavy atom. The molecule has 0 fully saturated rings. The number of nitrogens with zero attached hydrogens (tertiary/aromatic N) is 2. The summed E-state index contributed by atoms with van der Waals surface area (Å²) in [5.74, 6) is -0.514. The summed E-state index contributed by atoms with van der Waals surface area (Å²) < 4.78 is 2.33. The first-order chi connectivity index (χ1) is 8.11. The summed E-state index contributed by atoms with van der Waals surface area (Å²) in [6, 6.07) is 5.38. The smallest absolute Gasteiger partial charge is 0.251 e. The van der Waals surface area contributed by atoms with E-state index in [9.17, 15) is 4.79 Å². The van der Waals surface area contributed by atoms with Gasteiger partial charge < -0.3 is 10.8 Å². The van der Waals surface area contributed by atoms with Crippen molar-refractivity contribution in [1.29, 1.82) is 0 Å². The first kappa shape index (κ1) is 11.8. The first-order valence-corrected chi connectivity index (χ1v) is 5.65. The molecule has 0 unspecified atom stereocenters. The molecule has 17 heavy (non-hydrogen) atoms. The molecule has 0 bridgehead atoms. The molecule has 0 radical (unpaired) electrons. The van der Waals surface area contributed by atoms with E-state index < -0.39 is 5.91 Å². The van der Waals surface area contributed by atoms with Crippen LogP contribution in [0.1, 0.15) is 15.9 Å². The van der Waals surface area contributed by atoms with Gasteiger partial charge in [0.05, 0.1) is 24.1 Å². The Hall–Kier alpha value is -1.66. The highest BCUT2D eigenvalue weighted by molar-refractivity contribution is 9.10. The van der Waals surface area contributed by atoms with Crippen molar-refractivity contribution in [2.75, 3.05) is 0 Å². The van der Waals surface area contributed by atoms with Gasteiger partial charge >= 0.3 is 0 Å². The molecule has 0 atom stereocenters. The standard InChI is InChI=1S/C11H10BrN3O2/c12-9-3-7(6-16)1-2-10(9)15-5-8(4-14-15)11(13)17/h1-5,16H,6H2,(H2,13,17). The Morgan fingerprint density at radius 1 is 1.53 bits per heavy atom. The molecule has 3 N–H and O–H groups in total. The van der Waals surface area contributed by atoms with E-state index >= 15 is 0 Å². The Morgan fingerprint density at radius 2 is 2.29 bits per heavy atom. The first-order valence-electron chi connectivity index (χ1n) is 4.86. The average Bonchev–Trinajstić information content (AvgIpc) is 2.78. The number of amides is 1. The van der Waals surface area contributed by atoms with Crippen molar-refractivity contribution < 1.29 is 9.90 Å². The van der Waals surface area contributed by atoms with E-state index in [-0.39, 0.29) is 6.61 Å². The lowest BCUT2D eigenvalue weighted by Crippen LogP contribution is -2.09. The number of carbonyl (C=O) groups is 1. The van der Waals surface area contributed by atoms with Gasteiger partial charge in [-0.15, -0.1) is 0 Å². The SMILES string of the molecule is NC(=O)c1cnn(-c2ccc(CO)cc2Br)c1. The second-order valence-corrected chi connectivity index (χ2v) is 4.34. The van der Waals surface area contributed by atoms with Gasteiger partial charge in [0.2, 0.25) is 0 Å². The number of aromatic nitrogens is 2. The molecule has 1 aromatic carbocycles. The molecule has 6 heteroatoms. The van der Waals surface area contributed by atoms with Gasteiger partial charge in [-0.1, -0.05) is 6.07 Å². The van der Waals surface area contributed by atoms with Gasteiger partial charge in [-0.2, -0.15) is 5.10 Å². The lowest BCUT2D eigenvalue weighted by Gasteiger charge is -2.05.